The predicted octanol–water partition coefficient (Wildman–Crippen LogP) is 5.17. The van der Waals surface area contributed by atoms with Gasteiger partial charge in [0.05, 0.1) is 0 Å². The second kappa shape index (κ2) is 6.58. The van der Waals surface area contributed by atoms with Gasteiger partial charge in [-0.2, -0.15) is 0 Å². The Hall–Kier alpha value is -2.42. The van der Waals surface area contributed by atoms with Crippen LogP contribution < -0.4 is 0 Å². The normalized spacial score (nSPS) is 22.1. The van der Waals surface area contributed by atoms with E-state index in [4.69, 9.17) is 23.2 Å². The van der Waals surface area contributed by atoms with Gasteiger partial charge in [0.1, 0.15) is 0 Å². The average molecular weight is 407 g/mol. The van der Waals surface area contributed by atoms with Crippen molar-refractivity contribution >= 4 is 33.7 Å². The van der Waals surface area contributed by atoms with E-state index in [2.05, 4.69) is 24.3 Å². The highest BCUT2D eigenvalue weighted by Gasteiger charge is 2.57. The summed E-state index contributed by atoms with van der Waals surface area (Å²) in [5.41, 5.74) is 7.25. The number of halogens is 2. The number of benzene rings is 2. The SMILES string of the molecule is O=C(Cl)C1=C2C3=C(C(=O)Cl)C(=C1C3Cc1ccccc1)C2Cc1ccccc1. The predicted molar refractivity (Wildman–Crippen MR) is 110 cm³/mol. The summed E-state index contributed by atoms with van der Waals surface area (Å²) in [7, 11) is 0. The summed E-state index contributed by atoms with van der Waals surface area (Å²) >= 11 is 12.0. The standard InChI is InChI=1S/C24H16Cl2O2/c25-23(27)21-17-15(11-13-7-3-1-4-8-13)18-20(21)16(19(17)22(18)24(26)28)12-14-9-5-2-6-10-14/h1-10,15-16H,11-12H2. The minimum atomic E-state index is -0.438. The second-order valence-corrected chi connectivity index (χ2v) is 8.12. The summed E-state index contributed by atoms with van der Waals surface area (Å²) in [5.74, 6) is -0.00959. The monoisotopic (exact) mass is 406 g/mol. The van der Waals surface area contributed by atoms with Crippen LogP contribution in [0.2, 0.25) is 0 Å². The minimum Gasteiger partial charge on any atom is -0.276 e. The van der Waals surface area contributed by atoms with Crippen LogP contribution in [0, 0.1) is 11.8 Å². The number of hydrogen-bond donors (Lipinski definition) is 0. The molecule has 138 valence electrons. The maximum Gasteiger partial charge on any atom is 0.253 e. The van der Waals surface area contributed by atoms with Crippen LogP contribution in [0.25, 0.3) is 0 Å². The molecule has 4 aliphatic rings. The first-order valence-corrected chi connectivity index (χ1v) is 10.0. The molecule has 2 aromatic rings. The molecule has 0 amide bonds. The van der Waals surface area contributed by atoms with Crippen molar-refractivity contribution in [1.29, 1.82) is 0 Å². The zero-order chi connectivity index (χ0) is 19.4. The number of hydrogen-bond acceptors (Lipinski definition) is 2. The zero-order valence-corrected chi connectivity index (χ0v) is 16.4. The van der Waals surface area contributed by atoms with Gasteiger partial charge in [0, 0.05) is 23.0 Å². The Morgan fingerprint density at radius 3 is 1.29 bits per heavy atom. The summed E-state index contributed by atoms with van der Waals surface area (Å²) in [6, 6.07) is 20.2. The quantitative estimate of drug-likeness (QED) is 0.620. The maximum absolute atomic E-state index is 12.3. The summed E-state index contributed by atoms with van der Waals surface area (Å²) in [4.78, 5) is 24.6. The Balaban J connectivity index is 1.60. The topological polar surface area (TPSA) is 34.1 Å². The van der Waals surface area contributed by atoms with E-state index in [1.165, 1.54) is 0 Å². The Kier molecular flexibility index (Phi) is 4.15. The molecule has 0 aliphatic heterocycles. The average Bonchev–Trinajstić information content (AvgIpc) is 3.36. The molecule has 0 spiro atoms. The van der Waals surface area contributed by atoms with Gasteiger partial charge in [0.25, 0.3) is 10.5 Å². The lowest BCUT2D eigenvalue weighted by atomic mass is 9.82. The summed E-state index contributed by atoms with van der Waals surface area (Å²) in [6.45, 7) is 0. The van der Waals surface area contributed by atoms with Crippen LogP contribution in [0.15, 0.2) is 94.1 Å². The highest BCUT2D eigenvalue weighted by atomic mass is 35.5. The van der Waals surface area contributed by atoms with Gasteiger partial charge in [0.2, 0.25) is 0 Å². The van der Waals surface area contributed by atoms with E-state index in [0.717, 1.165) is 46.3 Å². The van der Waals surface area contributed by atoms with Crippen LogP contribution in [0.3, 0.4) is 0 Å². The van der Waals surface area contributed by atoms with Crippen molar-refractivity contribution < 1.29 is 9.59 Å². The second-order valence-electron chi connectivity index (χ2n) is 7.44. The van der Waals surface area contributed by atoms with E-state index in [0.29, 0.717) is 11.1 Å². The van der Waals surface area contributed by atoms with Crippen LogP contribution in [-0.2, 0) is 22.4 Å². The van der Waals surface area contributed by atoms with E-state index in [1.54, 1.807) is 0 Å². The van der Waals surface area contributed by atoms with Gasteiger partial charge < -0.3 is 0 Å². The van der Waals surface area contributed by atoms with Crippen LogP contribution in [0.1, 0.15) is 11.1 Å². The number of carbonyl (C=O) groups is 2. The molecular weight excluding hydrogens is 391 g/mol. The van der Waals surface area contributed by atoms with Gasteiger partial charge in [-0.3, -0.25) is 9.59 Å². The zero-order valence-electron chi connectivity index (χ0n) is 14.9. The van der Waals surface area contributed by atoms with E-state index in [9.17, 15) is 9.59 Å². The van der Waals surface area contributed by atoms with Gasteiger partial charge in [-0.25, -0.2) is 0 Å². The lowest BCUT2D eigenvalue weighted by Gasteiger charge is -2.20. The summed E-state index contributed by atoms with van der Waals surface area (Å²) in [5, 5.41) is -0.876. The fourth-order valence-corrected chi connectivity index (χ4v) is 5.50. The fourth-order valence-electron chi connectivity index (χ4n) is 5.10. The van der Waals surface area contributed by atoms with Crippen molar-refractivity contribution in [2.75, 3.05) is 0 Å². The van der Waals surface area contributed by atoms with Gasteiger partial charge in [-0.05, 0) is 69.5 Å². The van der Waals surface area contributed by atoms with Crippen LogP contribution in [-0.4, -0.2) is 10.5 Å². The van der Waals surface area contributed by atoms with Crippen molar-refractivity contribution in [3.8, 4) is 0 Å². The fraction of sp³-hybridized carbons (Fsp3) is 0.167. The molecule has 0 fully saturated rings. The molecule has 4 heteroatoms. The Bertz CT molecular complexity index is 1020. The van der Waals surface area contributed by atoms with Crippen molar-refractivity contribution in [3.05, 3.63) is 105 Å². The Labute approximate surface area is 173 Å². The van der Waals surface area contributed by atoms with E-state index < -0.39 is 10.5 Å². The molecule has 4 bridgehead atoms. The van der Waals surface area contributed by atoms with E-state index in [-0.39, 0.29) is 11.8 Å². The molecule has 6 rings (SSSR count). The smallest absolute Gasteiger partial charge is 0.253 e. The molecule has 0 saturated carbocycles. The number of carbonyl (C=O) groups excluding carboxylic acids is 2. The van der Waals surface area contributed by atoms with Gasteiger partial charge in [-0.15, -0.1) is 0 Å². The third-order valence-corrected chi connectivity index (χ3v) is 6.39. The lowest BCUT2D eigenvalue weighted by molar-refractivity contribution is -0.109. The van der Waals surface area contributed by atoms with E-state index >= 15 is 0 Å². The van der Waals surface area contributed by atoms with Crippen molar-refractivity contribution in [2.45, 2.75) is 12.8 Å². The van der Waals surface area contributed by atoms with Gasteiger partial charge in [0.15, 0.2) is 0 Å². The molecule has 2 aromatic carbocycles. The van der Waals surface area contributed by atoms with Crippen molar-refractivity contribution in [1.82, 2.24) is 0 Å². The largest absolute Gasteiger partial charge is 0.276 e. The van der Waals surface area contributed by atoms with Gasteiger partial charge in [-0.1, -0.05) is 60.7 Å². The summed E-state index contributed by atoms with van der Waals surface area (Å²) < 4.78 is 0. The maximum atomic E-state index is 12.3. The number of allylic oxidation sites excluding steroid dienone is 6. The Morgan fingerprint density at radius 2 is 0.964 bits per heavy atom. The van der Waals surface area contributed by atoms with Gasteiger partial charge >= 0.3 is 0 Å². The van der Waals surface area contributed by atoms with Crippen LogP contribution >= 0.6 is 23.2 Å². The molecular formula is C24H16Cl2O2. The minimum absolute atomic E-state index is 0.00479. The molecule has 0 aromatic heterocycles. The molecule has 2 unspecified atom stereocenters. The molecule has 2 nitrogen and oxygen atoms in total. The van der Waals surface area contributed by atoms with E-state index in [1.807, 2.05) is 36.4 Å². The highest BCUT2D eigenvalue weighted by Crippen LogP contribution is 2.65. The molecule has 0 heterocycles. The molecule has 4 aliphatic carbocycles. The van der Waals surface area contributed by atoms with Crippen molar-refractivity contribution in [3.63, 3.8) is 0 Å². The molecule has 2 atom stereocenters. The Morgan fingerprint density at radius 1 is 0.607 bits per heavy atom. The third kappa shape index (κ3) is 2.48. The molecule has 28 heavy (non-hydrogen) atoms. The van der Waals surface area contributed by atoms with Crippen LogP contribution in [0.5, 0.6) is 0 Å². The third-order valence-electron chi connectivity index (χ3n) is 6.01. The highest BCUT2D eigenvalue weighted by molar-refractivity contribution is 6.70. The first-order chi connectivity index (χ1) is 13.6. The van der Waals surface area contributed by atoms with Crippen LogP contribution in [0.4, 0.5) is 0 Å². The first kappa shape index (κ1) is 17.7. The first-order valence-electron chi connectivity index (χ1n) is 9.29. The number of rotatable bonds is 6. The molecule has 0 N–H and O–H groups in total. The van der Waals surface area contributed by atoms with Crippen molar-refractivity contribution in [2.24, 2.45) is 11.8 Å². The molecule has 0 saturated heterocycles. The molecule has 0 radical (unpaired) electrons. The summed E-state index contributed by atoms with van der Waals surface area (Å²) in [6.07, 6.45) is 1.47. The lowest BCUT2D eigenvalue weighted by Crippen LogP contribution is -2.13.